The molecule has 0 aliphatic heterocycles. The highest BCUT2D eigenvalue weighted by Gasteiger charge is 2.19. The molecule has 0 saturated heterocycles. The van der Waals surface area contributed by atoms with E-state index in [1.54, 1.807) is 30.5 Å². The first-order valence-electron chi connectivity index (χ1n) is 7.78. The highest BCUT2D eigenvalue weighted by Crippen LogP contribution is 2.18. The number of aryl methyl sites for hydroxylation is 1. The van der Waals surface area contributed by atoms with Crippen LogP contribution < -0.4 is 11.1 Å². The Hall–Kier alpha value is -1.53. The smallest absolute Gasteiger partial charge is 0.123 e. The second kappa shape index (κ2) is 10.5. The second-order valence-electron chi connectivity index (χ2n) is 6.47. The van der Waals surface area contributed by atoms with Gasteiger partial charge in [0, 0.05) is 23.8 Å². The van der Waals surface area contributed by atoms with Gasteiger partial charge in [-0.15, -0.1) is 24.8 Å². The number of β-amino-alcohol motifs (C(OH)–C–C–N with tert-alkyl or cyclic N) is 1. The number of phenolic OH excluding ortho intramolecular Hbond substituents is 1. The van der Waals surface area contributed by atoms with Gasteiger partial charge in [0.1, 0.15) is 11.6 Å². The van der Waals surface area contributed by atoms with Crippen molar-refractivity contribution in [3.05, 3.63) is 53.7 Å². The summed E-state index contributed by atoms with van der Waals surface area (Å²) in [5.41, 5.74) is 7.26. The van der Waals surface area contributed by atoms with E-state index in [9.17, 15) is 10.2 Å². The van der Waals surface area contributed by atoms with Gasteiger partial charge in [-0.3, -0.25) is 0 Å². The molecule has 7 heteroatoms. The molecule has 5 N–H and O–H groups in total. The van der Waals surface area contributed by atoms with Crippen LogP contribution >= 0.6 is 24.8 Å². The molecule has 0 bridgehead atoms. The zero-order chi connectivity index (χ0) is 16.9. The van der Waals surface area contributed by atoms with Gasteiger partial charge in [-0.25, -0.2) is 4.98 Å². The maximum absolute atomic E-state index is 10.2. The molecule has 2 rings (SSSR count). The number of benzene rings is 1. The number of halogens is 2. The Morgan fingerprint density at radius 2 is 1.92 bits per heavy atom. The van der Waals surface area contributed by atoms with Gasteiger partial charge in [0.15, 0.2) is 0 Å². The first kappa shape index (κ1) is 23.5. The number of anilines is 1. The molecule has 5 nitrogen and oxygen atoms in total. The van der Waals surface area contributed by atoms with Crippen LogP contribution in [-0.4, -0.2) is 27.3 Å². The van der Waals surface area contributed by atoms with E-state index in [1.165, 1.54) is 0 Å². The quantitative estimate of drug-likeness (QED) is 0.585. The molecule has 1 unspecified atom stereocenters. The molecule has 1 aromatic heterocycles. The van der Waals surface area contributed by atoms with E-state index in [4.69, 9.17) is 5.73 Å². The van der Waals surface area contributed by atoms with E-state index in [1.807, 2.05) is 12.1 Å². The molecule has 1 atom stereocenters. The number of aromatic nitrogens is 1. The Bertz CT molecular complexity index is 636. The fourth-order valence-corrected chi connectivity index (χ4v) is 2.36. The standard InChI is InChI=1S/C18H25N3O2.2ClH/c1-18(2,9-8-13-4-3-5-15(22)10-13)21-12-16(23)14-6-7-17(19)20-11-14;;/h3-7,10-11,16,21-23H,8-9,12H2,1-2H3,(H2,19,20);2*1H. The third-order valence-corrected chi connectivity index (χ3v) is 3.92. The molecule has 0 amide bonds. The molecule has 0 fully saturated rings. The number of aliphatic hydroxyl groups is 1. The van der Waals surface area contributed by atoms with Crippen LogP contribution in [0.4, 0.5) is 5.82 Å². The van der Waals surface area contributed by atoms with E-state index in [2.05, 4.69) is 24.1 Å². The van der Waals surface area contributed by atoms with E-state index < -0.39 is 6.10 Å². The first-order chi connectivity index (χ1) is 10.9. The Labute approximate surface area is 161 Å². The van der Waals surface area contributed by atoms with Crippen molar-refractivity contribution in [2.45, 2.75) is 38.3 Å². The summed E-state index contributed by atoms with van der Waals surface area (Å²) >= 11 is 0. The number of nitrogens with two attached hydrogens (primary N) is 1. The number of nitrogens with one attached hydrogen (secondary N) is 1. The van der Waals surface area contributed by atoms with Crippen molar-refractivity contribution >= 4 is 30.6 Å². The maximum Gasteiger partial charge on any atom is 0.123 e. The van der Waals surface area contributed by atoms with E-state index in [0.717, 1.165) is 24.0 Å². The van der Waals surface area contributed by atoms with Crippen LogP contribution in [-0.2, 0) is 6.42 Å². The maximum atomic E-state index is 10.2. The van der Waals surface area contributed by atoms with Crippen LogP contribution in [0.3, 0.4) is 0 Å². The van der Waals surface area contributed by atoms with Gasteiger partial charge in [0.2, 0.25) is 0 Å². The Morgan fingerprint density at radius 1 is 1.20 bits per heavy atom. The lowest BCUT2D eigenvalue weighted by molar-refractivity contribution is 0.159. The largest absolute Gasteiger partial charge is 0.508 e. The van der Waals surface area contributed by atoms with Gasteiger partial charge in [-0.05, 0) is 50.5 Å². The predicted molar refractivity (Wildman–Crippen MR) is 107 cm³/mol. The minimum atomic E-state index is -0.622. The number of hydrogen-bond acceptors (Lipinski definition) is 5. The number of pyridine rings is 1. The van der Waals surface area contributed by atoms with Crippen molar-refractivity contribution in [1.29, 1.82) is 0 Å². The lowest BCUT2D eigenvalue weighted by Crippen LogP contribution is -2.42. The van der Waals surface area contributed by atoms with Crippen molar-refractivity contribution in [2.75, 3.05) is 12.3 Å². The van der Waals surface area contributed by atoms with Crippen molar-refractivity contribution < 1.29 is 10.2 Å². The zero-order valence-electron chi connectivity index (χ0n) is 14.5. The molecule has 0 aliphatic rings. The van der Waals surface area contributed by atoms with Crippen LogP contribution in [0, 0.1) is 0 Å². The van der Waals surface area contributed by atoms with Crippen molar-refractivity contribution in [2.24, 2.45) is 0 Å². The SMILES string of the molecule is CC(C)(CCc1cccc(O)c1)NCC(O)c1ccc(N)nc1.Cl.Cl. The lowest BCUT2D eigenvalue weighted by atomic mass is 9.94. The zero-order valence-corrected chi connectivity index (χ0v) is 16.1. The van der Waals surface area contributed by atoms with Gasteiger partial charge in [0.05, 0.1) is 6.10 Å². The van der Waals surface area contributed by atoms with Gasteiger partial charge in [0.25, 0.3) is 0 Å². The molecule has 2 aromatic rings. The van der Waals surface area contributed by atoms with Crippen LogP contribution in [0.15, 0.2) is 42.6 Å². The van der Waals surface area contributed by atoms with Crippen molar-refractivity contribution in [3.8, 4) is 5.75 Å². The number of aliphatic hydroxyl groups excluding tert-OH is 1. The van der Waals surface area contributed by atoms with Crippen molar-refractivity contribution in [3.63, 3.8) is 0 Å². The summed E-state index contributed by atoms with van der Waals surface area (Å²) in [5.74, 6) is 0.736. The number of aromatic hydroxyl groups is 1. The van der Waals surface area contributed by atoms with Gasteiger partial charge < -0.3 is 21.3 Å². The normalized spacial score (nSPS) is 12.0. The molecule has 0 saturated carbocycles. The summed E-state index contributed by atoms with van der Waals surface area (Å²) in [7, 11) is 0. The summed E-state index contributed by atoms with van der Waals surface area (Å²) in [6, 6.07) is 10.8. The monoisotopic (exact) mass is 387 g/mol. The van der Waals surface area contributed by atoms with E-state index in [-0.39, 0.29) is 30.4 Å². The molecular weight excluding hydrogens is 361 g/mol. The molecule has 25 heavy (non-hydrogen) atoms. The number of rotatable bonds is 7. The van der Waals surface area contributed by atoms with Gasteiger partial charge in [-0.2, -0.15) is 0 Å². The minimum Gasteiger partial charge on any atom is -0.508 e. The summed E-state index contributed by atoms with van der Waals surface area (Å²) in [6.45, 7) is 4.64. The Balaban J connectivity index is 0.00000288. The molecular formula is C18H27Cl2N3O2. The van der Waals surface area contributed by atoms with E-state index in [0.29, 0.717) is 18.1 Å². The van der Waals surface area contributed by atoms with E-state index >= 15 is 0 Å². The molecule has 0 radical (unpaired) electrons. The summed E-state index contributed by atoms with van der Waals surface area (Å²) in [4.78, 5) is 4.00. The molecule has 1 aromatic carbocycles. The van der Waals surface area contributed by atoms with Crippen LogP contribution in [0.5, 0.6) is 5.75 Å². The molecule has 140 valence electrons. The Kier molecular flexibility index (Phi) is 9.82. The molecule has 1 heterocycles. The minimum absolute atomic E-state index is 0. The third-order valence-electron chi connectivity index (χ3n) is 3.92. The highest BCUT2D eigenvalue weighted by molar-refractivity contribution is 5.85. The van der Waals surface area contributed by atoms with Crippen LogP contribution in [0.25, 0.3) is 0 Å². The molecule has 0 aliphatic carbocycles. The van der Waals surface area contributed by atoms with Crippen molar-refractivity contribution in [1.82, 2.24) is 10.3 Å². The summed E-state index contributed by atoms with van der Waals surface area (Å²) in [6.07, 6.45) is 2.72. The lowest BCUT2D eigenvalue weighted by Gasteiger charge is -2.28. The average molecular weight is 388 g/mol. The fourth-order valence-electron chi connectivity index (χ4n) is 2.36. The molecule has 0 spiro atoms. The number of hydrogen-bond donors (Lipinski definition) is 4. The second-order valence-corrected chi connectivity index (χ2v) is 6.47. The Morgan fingerprint density at radius 3 is 2.52 bits per heavy atom. The third kappa shape index (κ3) is 7.92. The first-order valence-corrected chi connectivity index (χ1v) is 7.78. The topological polar surface area (TPSA) is 91.4 Å². The predicted octanol–water partition coefficient (Wildman–Crippen LogP) is 3.25. The average Bonchev–Trinajstić information content (AvgIpc) is 2.52. The summed E-state index contributed by atoms with van der Waals surface area (Å²) in [5, 5.41) is 23.1. The van der Waals surface area contributed by atoms with Crippen LogP contribution in [0.1, 0.15) is 37.5 Å². The van der Waals surface area contributed by atoms with Gasteiger partial charge >= 0.3 is 0 Å². The number of phenols is 1. The number of nitrogen functional groups attached to an aromatic ring is 1. The summed E-state index contributed by atoms with van der Waals surface area (Å²) < 4.78 is 0. The fraction of sp³-hybridized carbons (Fsp3) is 0.389. The van der Waals surface area contributed by atoms with Gasteiger partial charge in [-0.1, -0.05) is 18.2 Å². The number of nitrogens with zero attached hydrogens (tertiary/aromatic N) is 1. The highest BCUT2D eigenvalue weighted by atomic mass is 35.5. The van der Waals surface area contributed by atoms with Crippen LogP contribution in [0.2, 0.25) is 0 Å².